The Balaban J connectivity index is 1.88. The molecule has 6 heteroatoms. The van der Waals surface area contributed by atoms with Crippen molar-refractivity contribution in [2.75, 3.05) is 17.2 Å². The number of aromatic nitrogens is 1. The van der Waals surface area contributed by atoms with Crippen LogP contribution in [0.5, 0.6) is 0 Å². The van der Waals surface area contributed by atoms with Crippen molar-refractivity contribution < 1.29 is 9.32 Å². The molecule has 1 aliphatic rings. The monoisotopic (exact) mass is 308 g/mol. The molecule has 104 valence electrons. The average molecular weight is 309 g/mol. The van der Waals surface area contributed by atoms with Crippen molar-refractivity contribution >= 4 is 36.0 Å². The molecule has 0 saturated carbocycles. The average Bonchev–Trinajstić information content (AvgIpc) is 3.05. The first-order valence-corrected chi connectivity index (χ1v) is 7.33. The van der Waals surface area contributed by atoms with Crippen molar-refractivity contribution in [3.63, 3.8) is 0 Å². The van der Waals surface area contributed by atoms with Crippen LogP contribution < -0.4 is 4.90 Å². The van der Waals surface area contributed by atoms with Gasteiger partial charge in [0.25, 0.3) is 0 Å². The van der Waals surface area contributed by atoms with E-state index >= 15 is 0 Å². The molecule has 4 nitrogen and oxygen atoms in total. The van der Waals surface area contributed by atoms with Crippen LogP contribution in [0.25, 0.3) is 11.3 Å². The van der Waals surface area contributed by atoms with Crippen LogP contribution in [0.15, 0.2) is 34.9 Å². The summed E-state index contributed by atoms with van der Waals surface area (Å²) in [5.41, 5.74) is 1.43. The molecule has 1 saturated heterocycles. The van der Waals surface area contributed by atoms with Gasteiger partial charge < -0.3 is 4.52 Å². The molecule has 0 bridgehead atoms. The number of hydrogen-bond acceptors (Lipinski definition) is 4. The zero-order valence-corrected chi connectivity index (χ0v) is 12.3. The van der Waals surface area contributed by atoms with E-state index in [1.54, 1.807) is 17.0 Å². The molecule has 1 amide bonds. The Labute approximate surface area is 127 Å². The van der Waals surface area contributed by atoms with E-state index in [4.69, 9.17) is 16.1 Å². The molecule has 0 radical (unpaired) electrons. The normalized spacial score (nSPS) is 18.8. The number of halogens is 1. The number of benzene rings is 1. The maximum Gasteiger partial charge on any atom is 0.234 e. The van der Waals surface area contributed by atoms with E-state index in [1.165, 1.54) is 0 Å². The van der Waals surface area contributed by atoms with Crippen LogP contribution >= 0.6 is 24.2 Å². The molecule has 1 aromatic heterocycles. The van der Waals surface area contributed by atoms with E-state index in [1.807, 2.05) is 18.2 Å². The molecule has 1 fully saturated rings. The molecular formula is C14H13ClN2O2S. The Kier molecular flexibility index (Phi) is 3.72. The van der Waals surface area contributed by atoms with Crippen LogP contribution in [0.2, 0.25) is 5.02 Å². The number of amides is 1. The Hall–Kier alpha value is -1.46. The molecule has 0 spiro atoms. The van der Waals surface area contributed by atoms with Gasteiger partial charge in [0.1, 0.15) is 5.69 Å². The van der Waals surface area contributed by atoms with Crippen molar-refractivity contribution in [1.29, 1.82) is 0 Å². The van der Waals surface area contributed by atoms with E-state index in [-0.39, 0.29) is 11.8 Å². The number of rotatable bonds is 3. The summed E-state index contributed by atoms with van der Waals surface area (Å²) in [4.78, 5) is 13.6. The highest BCUT2D eigenvalue weighted by Crippen LogP contribution is 2.32. The highest BCUT2D eigenvalue weighted by Gasteiger charge is 2.32. The second-order valence-corrected chi connectivity index (χ2v) is 5.56. The Bertz CT molecular complexity index is 644. The fraction of sp³-hybridized carbons (Fsp3) is 0.286. The summed E-state index contributed by atoms with van der Waals surface area (Å²) in [5, 5.41) is 4.61. The summed E-state index contributed by atoms with van der Waals surface area (Å²) < 4.78 is 5.29. The molecular weight excluding hydrogens is 296 g/mol. The van der Waals surface area contributed by atoms with Gasteiger partial charge in [0.05, 0.1) is 5.02 Å². The van der Waals surface area contributed by atoms with E-state index in [0.717, 1.165) is 5.56 Å². The van der Waals surface area contributed by atoms with Crippen LogP contribution in [0.4, 0.5) is 5.88 Å². The zero-order chi connectivity index (χ0) is 14.1. The predicted molar refractivity (Wildman–Crippen MR) is 81.3 cm³/mol. The van der Waals surface area contributed by atoms with Gasteiger partial charge in [0.2, 0.25) is 11.8 Å². The third-order valence-electron chi connectivity index (χ3n) is 3.38. The van der Waals surface area contributed by atoms with Gasteiger partial charge in [-0.1, -0.05) is 35.0 Å². The molecule has 1 aromatic carbocycles. The van der Waals surface area contributed by atoms with Crippen molar-refractivity contribution in [2.45, 2.75) is 6.42 Å². The maximum atomic E-state index is 11.9. The molecule has 2 aromatic rings. The summed E-state index contributed by atoms with van der Waals surface area (Å²) >= 11 is 10.4. The summed E-state index contributed by atoms with van der Waals surface area (Å²) in [7, 11) is 0. The van der Waals surface area contributed by atoms with Crippen molar-refractivity contribution in [3.05, 3.63) is 35.4 Å². The molecule has 0 aliphatic carbocycles. The number of carbonyl (C=O) groups is 1. The minimum atomic E-state index is 0.0471. The van der Waals surface area contributed by atoms with Crippen LogP contribution in [0.3, 0.4) is 0 Å². The van der Waals surface area contributed by atoms with Crippen LogP contribution in [0.1, 0.15) is 6.42 Å². The van der Waals surface area contributed by atoms with Crippen molar-refractivity contribution in [2.24, 2.45) is 5.92 Å². The van der Waals surface area contributed by atoms with Crippen LogP contribution in [0, 0.1) is 5.92 Å². The van der Waals surface area contributed by atoms with Gasteiger partial charge >= 0.3 is 0 Å². The Morgan fingerprint density at radius 2 is 2.25 bits per heavy atom. The minimum absolute atomic E-state index is 0.0471. The molecule has 1 unspecified atom stereocenters. The Morgan fingerprint density at radius 1 is 1.45 bits per heavy atom. The number of hydrogen-bond donors (Lipinski definition) is 1. The first-order chi connectivity index (χ1) is 9.69. The molecule has 3 rings (SSSR count). The first kappa shape index (κ1) is 13.5. The quantitative estimate of drug-likeness (QED) is 0.885. The first-order valence-electron chi connectivity index (χ1n) is 6.32. The van der Waals surface area contributed by atoms with Gasteiger partial charge in [-0.25, -0.2) is 0 Å². The summed E-state index contributed by atoms with van der Waals surface area (Å²) in [5.74, 6) is 1.47. The lowest BCUT2D eigenvalue weighted by Crippen LogP contribution is -2.24. The standard InChI is InChI=1S/C14H13ClN2O2S/c15-11-4-2-1-3-10(11)12-6-14(19-16-12)17-7-9(8-20)5-13(17)18/h1-4,6,9,20H,5,7-8H2. The second-order valence-electron chi connectivity index (χ2n) is 4.79. The number of carbonyl (C=O) groups excluding carboxylic acids is 1. The second kappa shape index (κ2) is 5.50. The maximum absolute atomic E-state index is 11.9. The van der Waals surface area contributed by atoms with Crippen LogP contribution in [-0.4, -0.2) is 23.4 Å². The highest BCUT2D eigenvalue weighted by molar-refractivity contribution is 7.80. The minimum Gasteiger partial charge on any atom is -0.338 e. The molecule has 0 N–H and O–H groups in total. The van der Waals surface area contributed by atoms with E-state index in [9.17, 15) is 4.79 Å². The lowest BCUT2D eigenvalue weighted by Gasteiger charge is -2.10. The number of anilines is 1. The molecule has 20 heavy (non-hydrogen) atoms. The van der Waals surface area contributed by atoms with Gasteiger partial charge in [0, 0.05) is 24.6 Å². The third kappa shape index (κ3) is 2.43. The van der Waals surface area contributed by atoms with Crippen molar-refractivity contribution in [3.8, 4) is 11.3 Å². The topological polar surface area (TPSA) is 46.3 Å². The molecule has 1 aliphatic heterocycles. The smallest absolute Gasteiger partial charge is 0.234 e. The lowest BCUT2D eigenvalue weighted by molar-refractivity contribution is -0.117. The lowest BCUT2D eigenvalue weighted by atomic mass is 10.1. The van der Waals surface area contributed by atoms with E-state index in [2.05, 4.69) is 17.8 Å². The van der Waals surface area contributed by atoms with Crippen molar-refractivity contribution in [1.82, 2.24) is 5.16 Å². The predicted octanol–water partition coefficient (Wildman–Crippen LogP) is 3.28. The SMILES string of the molecule is O=C1CC(CS)CN1c1cc(-c2ccccc2Cl)no1. The van der Waals surface area contributed by atoms with Gasteiger partial charge in [-0.05, 0) is 17.7 Å². The van der Waals surface area contributed by atoms with Gasteiger partial charge in [-0.2, -0.15) is 12.6 Å². The third-order valence-corrected chi connectivity index (χ3v) is 4.22. The highest BCUT2D eigenvalue weighted by atomic mass is 35.5. The Morgan fingerprint density at radius 3 is 2.95 bits per heavy atom. The number of nitrogens with zero attached hydrogens (tertiary/aromatic N) is 2. The van der Waals surface area contributed by atoms with Gasteiger partial charge in [-0.3, -0.25) is 9.69 Å². The van der Waals surface area contributed by atoms with Crippen LogP contribution in [-0.2, 0) is 4.79 Å². The molecule has 1 atom stereocenters. The molecule has 2 heterocycles. The van der Waals surface area contributed by atoms with Gasteiger partial charge in [0.15, 0.2) is 0 Å². The fourth-order valence-corrected chi connectivity index (χ4v) is 2.78. The van der Waals surface area contributed by atoms with E-state index < -0.39 is 0 Å². The number of thiol groups is 1. The summed E-state index contributed by atoms with van der Waals surface area (Å²) in [6.45, 7) is 0.624. The largest absolute Gasteiger partial charge is 0.338 e. The summed E-state index contributed by atoms with van der Waals surface area (Å²) in [6.07, 6.45) is 0.506. The van der Waals surface area contributed by atoms with E-state index in [0.29, 0.717) is 35.3 Å². The summed E-state index contributed by atoms with van der Waals surface area (Å²) in [6, 6.07) is 9.15. The van der Waals surface area contributed by atoms with Gasteiger partial charge in [-0.15, -0.1) is 0 Å². The fourth-order valence-electron chi connectivity index (χ4n) is 2.31. The zero-order valence-electron chi connectivity index (χ0n) is 10.6.